The van der Waals surface area contributed by atoms with Gasteiger partial charge in [-0.05, 0) is 37.7 Å². The minimum Gasteiger partial charge on any atom is -0.469 e. The third-order valence-corrected chi connectivity index (χ3v) is 4.58. The zero-order valence-electron chi connectivity index (χ0n) is 13.9. The Labute approximate surface area is 153 Å². The van der Waals surface area contributed by atoms with Gasteiger partial charge in [0.1, 0.15) is 10.8 Å². The van der Waals surface area contributed by atoms with Crippen molar-refractivity contribution in [2.45, 2.75) is 30.2 Å². The molecule has 0 radical (unpaired) electrons. The smallest absolute Gasteiger partial charge is 0.453 e. The van der Waals surface area contributed by atoms with Crippen LogP contribution in [-0.2, 0) is 6.18 Å². The first-order valence-electron chi connectivity index (χ1n) is 7.48. The number of fused-ring (bicyclic) bond motifs is 1. The van der Waals surface area contributed by atoms with Crippen molar-refractivity contribution >= 4 is 17.5 Å². The highest BCUT2D eigenvalue weighted by atomic mass is 32.2. The second-order valence-corrected chi connectivity index (χ2v) is 6.54. The summed E-state index contributed by atoms with van der Waals surface area (Å²) < 4.78 is 46.2. The summed E-state index contributed by atoms with van der Waals surface area (Å²) >= 11 is 0.993. The summed E-state index contributed by atoms with van der Waals surface area (Å²) in [4.78, 5) is 7.42. The van der Waals surface area contributed by atoms with Gasteiger partial charge in [-0.3, -0.25) is 0 Å². The van der Waals surface area contributed by atoms with Crippen molar-refractivity contribution in [3.63, 3.8) is 0 Å². The monoisotopic (exact) mass is 396 g/mol. The second-order valence-electron chi connectivity index (χ2n) is 5.55. The van der Waals surface area contributed by atoms with E-state index in [0.29, 0.717) is 27.9 Å². The van der Waals surface area contributed by atoms with E-state index in [1.807, 2.05) is 0 Å². The van der Waals surface area contributed by atoms with Gasteiger partial charge in [-0.1, -0.05) is 0 Å². The summed E-state index contributed by atoms with van der Waals surface area (Å²) in [6.07, 6.45) is -3.18. The maximum atomic E-state index is 12.9. The average Bonchev–Trinajstić information content (AvgIpc) is 3.27. The highest BCUT2D eigenvalue weighted by Crippen LogP contribution is 2.31. The Kier molecular flexibility index (Phi) is 3.83. The van der Waals surface area contributed by atoms with Gasteiger partial charge in [-0.15, -0.1) is 15.3 Å². The quantitative estimate of drug-likeness (QED) is 0.415. The molecule has 0 bridgehead atoms. The second kappa shape index (κ2) is 5.97. The minimum absolute atomic E-state index is 0.168. The fourth-order valence-corrected chi connectivity index (χ4v) is 3.28. The van der Waals surface area contributed by atoms with E-state index in [2.05, 4.69) is 25.3 Å². The molecule has 4 rings (SSSR count). The summed E-state index contributed by atoms with van der Waals surface area (Å²) in [5.41, 5.74) is 1.13. The third-order valence-electron chi connectivity index (χ3n) is 3.62. The Morgan fingerprint density at radius 3 is 2.63 bits per heavy atom. The lowest BCUT2D eigenvalue weighted by atomic mass is 10.2. The molecular weight excluding hydrogens is 385 g/mol. The van der Waals surface area contributed by atoms with Gasteiger partial charge < -0.3 is 10.3 Å². The first kappa shape index (κ1) is 17.3. The summed E-state index contributed by atoms with van der Waals surface area (Å²) in [5, 5.41) is 12.1. The number of nitrogens with two attached hydrogens (primary N) is 1. The highest BCUT2D eigenvalue weighted by molar-refractivity contribution is 7.99. The van der Waals surface area contributed by atoms with E-state index in [1.54, 1.807) is 26.0 Å². The Balaban J connectivity index is 1.77. The Hall–Kier alpha value is -3.09. The molecule has 0 spiro atoms. The molecule has 0 aliphatic rings. The predicted molar refractivity (Wildman–Crippen MR) is 87.3 cm³/mol. The largest absolute Gasteiger partial charge is 0.469 e. The van der Waals surface area contributed by atoms with E-state index < -0.39 is 12.0 Å². The molecule has 4 aromatic rings. The molecular formula is C14H11F3N8OS. The van der Waals surface area contributed by atoms with Crippen molar-refractivity contribution in [3.8, 4) is 11.4 Å². The van der Waals surface area contributed by atoms with E-state index in [0.717, 1.165) is 16.3 Å². The summed E-state index contributed by atoms with van der Waals surface area (Å²) in [6, 6.07) is 3.25. The van der Waals surface area contributed by atoms with Gasteiger partial charge >= 0.3 is 6.18 Å². The topological polar surface area (TPSA) is 113 Å². The van der Waals surface area contributed by atoms with Gasteiger partial charge in [-0.25, -0.2) is 9.66 Å². The number of hydrogen-bond acceptors (Lipinski definition) is 8. The predicted octanol–water partition coefficient (Wildman–Crippen LogP) is 2.48. The standard InChI is InChI=1S/C14H11F3N8OS/c1-6-5-9(25-12(19-6)20-11(23-25)14(15,16)17)27-13-22-21-10(24(13)18)8-3-4-26-7(8)2/h3-5H,18H2,1-2H3. The number of halogens is 3. The van der Waals surface area contributed by atoms with Crippen molar-refractivity contribution in [2.24, 2.45) is 0 Å². The van der Waals surface area contributed by atoms with Crippen LogP contribution < -0.4 is 5.84 Å². The Morgan fingerprint density at radius 2 is 1.96 bits per heavy atom. The minimum atomic E-state index is -4.68. The molecule has 13 heteroatoms. The number of rotatable bonds is 3. The van der Waals surface area contributed by atoms with Crippen molar-refractivity contribution in [2.75, 3.05) is 5.84 Å². The first-order chi connectivity index (χ1) is 12.7. The Bertz CT molecular complexity index is 1150. The molecule has 9 nitrogen and oxygen atoms in total. The number of aromatic nitrogens is 7. The third kappa shape index (κ3) is 2.99. The van der Waals surface area contributed by atoms with Crippen LogP contribution in [0, 0.1) is 13.8 Å². The molecule has 0 amide bonds. The van der Waals surface area contributed by atoms with E-state index in [-0.39, 0.29) is 10.9 Å². The molecule has 4 aromatic heterocycles. The lowest BCUT2D eigenvalue weighted by Gasteiger charge is -2.05. The molecule has 0 fully saturated rings. The fourth-order valence-electron chi connectivity index (χ4n) is 2.39. The highest BCUT2D eigenvalue weighted by Gasteiger charge is 2.37. The van der Waals surface area contributed by atoms with Gasteiger partial charge in [0.05, 0.1) is 11.8 Å². The number of nitrogens with zero attached hydrogens (tertiary/aromatic N) is 7. The zero-order chi connectivity index (χ0) is 19.3. The number of furan rings is 1. The van der Waals surface area contributed by atoms with Gasteiger partial charge in [0.2, 0.25) is 5.16 Å². The summed E-state index contributed by atoms with van der Waals surface area (Å²) in [6.45, 7) is 3.39. The molecule has 0 aromatic carbocycles. The molecule has 0 saturated heterocycles. The van der Waals surface area contributed by atoms with Gasteiger partial charge in [0.15, 0.2) is 5.82 Å². The van der Waals surface area contributed by atoms with Gasteiger partial charge in [0.25, 0.3) is 11.6 Å². The van der Waals surface area contributed by atoms with Crippen LogP contribution >= 0.6 is 11.8 Å². The summed E-state index contributed by atoms with van der Waals surface area (Å²) in [7, 11) is 0. The van der Waals surface area contributed by atoms with Crippen LogP contribution in [0.2, 0.25) is 0 Å². The van der Waals surface area contributed by atoms with E-state index in [4.69, 9.17) is 10.3 Å². The number of nitrogen functional groups attached to an aromatic ring is 1. The van der Waals surface area contributed by atoms with Crippen LogP contribution in [0.15, 0.2) is 33.0 Å². The normalized spacial score (nSPS) is 12.2. The van der Waals surface area contributed by atoms with Gasteiger partial charge in [-0.2, -0.15) is 22.7 Å². The SMILES string of the molecule is Cc1cc(Sc2nnc(-c3ccoc3C)n2N)n2nc(C(F)(F)F)nc2n1. The lowest BCUT2D eigenvalue weighted by Crippen LogP contribution is -2.12. The molecule has 4 heterocycles. The van der Waals surface area contributed by atoms with Crippen LogP contribution in [-0.4, -0.2) is 34.5 Å². The van der Waals surface area contributed by atoms with Crippen LogP contribution in [0.25, 0.3) is 17.2 Å². The Morgan fingerprint density at radius 1 is 1.19 bits per heavy atom. The van der Waals surface area contributed by atoms with E-state index >= 15 is 0 Å². The van der Waals surface area contributed by atoms with Crippen molar-refractivity contribution in [3.05, 3.63) is 35.7 Å². The fraction of sp³-hybridized carbons (Fsp3) is 0.214. The number of hydrogen-bond donors (Lipinski definition) is 1. The molecule has 0 atom stereocenters. The molecule has 0 aliphatic carbocycles. The van der Waals surface area contributed by atoms with Gasteiger partial charge in [0, 0.05) is 5.69 Å². The number of alkyl halides is 3. The van der Waals surface area contributed by atoms with Crippen molar-refractivity contribution < 1.29 is 17.6 Å². The van der Waals surface area contributed by atoms with E-state index in [1.165, 1.54) is 10.9 Å². The molecule has 27 heavy (non-hydrogen) atoms. The van der Waals surface area contributed by atoms with Crippen molar-refractivity contribution in [1.82, 2.24) is 34.5 Å². The maximum absolute atomic E-state index is 12.9. The maximum Gasteiger partial charge on any atom is 0.453 e. The van der Waals surface area contributed by atoms with Crippen molar-refractivity contribution in [1.29, 1.82) is 0 Å². The van der Waals surface area contributed by atoms with E-state index in [9.17, 15) is 13.2 Å². The zero-order valence-corrected chi connectivity index (χ0v) is 14.7. The van der Waals surface area contributed by atoms with Crippen LogP contribution in [0.3, 0.4) is 0 Å². The molecule has 0 unspecified atom stereocenters. The molecule has 0 aliphatic heterocycles. The molecule has 140 valence electrons. The lowest BCUT2D eigenvalue weighted by molar-refractivity contribution is -0.144. The van der Waals surface area contributed by atoms with Crippen LogP contribution in [0.4, 0.5) is 13.2 Å². The van der Waals surface area contributed by atoms with Crippen LogP contribution in [0.5, 0.6) is 0 Å². The summed E-state index contributed by atoms with van der Waals surface area (Å²) in [5.74, 6) is 5.59. The molecule has 0 saturated carbocycles. The number of aryl methyl sites for hydroxylation is 2. The van der Waals surface area contributed by atoms with Crippen LogP contribution in [0.1, 0.15) is 17.3 Å². The molecule has 2 N–H and O–H groups in total. The average molecular weight is 396 g/mol. The first-order valence-corrected chi connectivity index (χ1v) is 8.30.